The fraction of sp³-hybridized carbons (Fsp3) is 0.429. The molecule has 0 aliphatic heterocycles. The molecule has 0 heterocycles. The topological polar surface area (TPSA) is 36.9 Å². The van der Waals surface area contributed by atoms with E-state index in [1.54, 1.807) is 28.4 Å². The lowest BCUT2D eigenvalue weighted by Crippen LogP contribution is -2.21. The summed E-state index contributed by atoms with van der Waals surface area (Å²) >= 11 is 0. The maximum Gasteiger partial charge on any atom is 0.130 e. The van der Waals surface area contributed by atoms with Crippen molar-refractivity contribution >= 4 is 18.5 Å². The van der Waals surface area contributed by atoms with Crippen LogP contribution in [0.2, 0.25) is 0 Å². The van der Waals surface area contributed by atoms with Crippen LogP contribution >= 0.6 is 7.92 Å². The van der Waals surface area contributed by atoms with E-state index in [9.17, 15) is 0 Å². The first-order chi connectivity index (χ1) is 12.7. The van der Waals surface area contributed by atoms with E-state index in [0.717, 1.165) is 46.2 Å². The van der Waals surface area contributed by atoms with Crippen LogP contribution in [0.25, 0.3) is 0 Å². The Hall–Kier alpha value is -1.93. The summed E-state index contributed by atoms with van der Waals surface area (Å²) in [6.07, 6.45) is 4.52. The van der Waals surface area contributed by atoms with E-state index in [-0.39, 0.29) is 0 Å². The number of unbranched alkanes of at least 4 members (excludes halogenated alkanes) is 2. The first-order valence-corrected chi connectivity index (χ1v) is 10.4. The highest BCUT2D eigenvalue weighted by Crippen LogP contribution is 2.46. The second-order valence-corrected chi connectivity index (χ2v) is 8.08. The maximum absolute atomic E-state index is 5.70. The number of hydrogen-bond acceptors (Lipinski definition) is 4. The predicted molar refractivity (Wildman–Crippen MR) is 110 cm³/mol. The smallest absolute Gasteiger partial charge is 0.130 e. The van der Waals surface area contributed by atoms with Crippen LogP contribution in [0.15, 0.2) is 36.4 Å². The van der Waals surface area contributed by atoms with Crippen molar-refractivity contribution in [3.63, 3.8) is 0 Å². The highest BCUT2D eigenvalue weighted by atomic mass is 31.1. The van der Waals surface area contributed by atoms with Gasteiger partial charge in [0.05, 0.1) is 39.0 Å². The van der Waals surface area contributed by atoms with Gasteiger partial charge < -0.3 is 18.9 Å². The Bertz CT molecular complexity index is 602. The Morgan fingerprint density at radius 1 is 0.654 bits per heavy atom. The molecule has 0 bridgehead atoms. The number of rotatable bonds is 10. The standard InChI is InChI=1S/C21H29O4P/c1-6-7-8-15-26(20-16(22-2)11-9-12-17(20)23-3)21-18(24-4)13-10-14-19(21)25-5/h9-14H,6-8,15H2,1-5H3. The van der Waals surface area contributed by atoms with E-state index in [0.29, 0.717) is 0 Å². The van der Waals surface area contributed by atoms with Crippen molar-refractivity contribution < 1.29 is 18.9 Å². The summed E-state index contributed by atoms with van der Waals surface area (Å²) in [5.74, 6) is 3.39. The SMILES string of the molecule is CCCCCP(c1c(OC)cccc1OC)c1c(OC)cccc1OC. The third-order valence-electron chi connectivity index (χ3n) is 4.33. The summed E-state index contributed by atoms with van der Waals surface area (Å²) in [5.41, 5.74) is 0. The first-order valence-electron chi connectivity index (χ1n) is 8.91. The van der Waals surface area contributed by atoms with Gasteiger partial charge in [0.15, 0.2) is 0 Å². The van der Waals surface area contributed by atoms with Crippen LogP contribution in [0, 0.1) is 0 Å². The molecule has 0 N–H and O–H groups in total. The van der Waals surface area contributed by atoms with Gasteiger partial charge in [0.1, 0.15) is 23.0 Å². The molecule has 0 aliphatic carbocycles. The third kappa shape index (κ3) is 4.42. The normalized spacial score (nSPS) is 10.7. The van der Waals surface area contributed by atoms with Gasteiger partial charge >= 0.3 is 0 Å². The van der Waals surface area contributed by atoms with Crippen molar-refractivity contribution in [1.29, 1.82) is 0 Å². The van der Waals surface area contributed by atoms with E-state index in [1.165, 1.54) is 12.8 Å². The fourth-order valence-corrected chi connectivity index (χ4v) is 5.99. The molecule has 2 aromatic rings. The molecule has 142 valence electrons. The minimum Gasteiger partial charge on any atom is -0.496 e. The zero-order chi connectivity index (χ0) is 18.9. The molecule has 26 heavy (non-hydrogen) atoms. The zero-order valence-corrected chi connectivity index (χ0v) is 17.3. The molecule has 0 saturated carbocycles. The Balaban J connectivity index is 2.67. The van der Waals surface area contributed by atoms with Crippen molar-refractivity contribution in [2.24, 2.45) is 0 Å². The summed E-state index contributed by atoms with van der Waals surface area (Å²) in [7, 11) is 6.05. The van der Waals surface area contributed by atoms with Crippen LogP contribution in [0.3, 0.4) is 0 Å². The van der Waals surface area contributed by atoms with E-state index >= 15 is 0 Å². The number of hydrogen-bond donors (Lipinski definition) is 0. The molecule has 0 radical (unpaired) electrons. The Morgan fingerprint density at radius 3 is 1.35 bits per heavy atom. The van der Waals surface area contributed by atoms with Crippen molar-refractivity contribution in [2.75, 3.05) is 34.6 Å². The van der Waals surface area contributed by atoms with Gasteiger partial charge in [-0.3, -0.25) is 0 Å². The molecule has 0 fully saturated rings. The summed E-state index contributed by atoms with van der Waals surface area (Å²) < 4.78 is 22.8. The third-order valence-corrected chi connectivity index (χ3v) is 7.05. The summed E-state index contributed by atoms with van der Waals surface area (Å²) in [6.45, 7) is 2.22. The van der Waals surface area contributed by atoms with Crippen LogP contribution in [-0.4, -0.2) is 34.6 Å². The lowest BCUT2D eigenvalue weighted by Gasteiger charge is -2.26. The molecule has 2 rings (SSSR count). The average molecular weight is 376 g/mol. The zero-order valence-electron chi connectivity index (χ0n) is 16.4. The second kappa shape index (κ2) is 10.3. The fourth-order valence-electron chi connectivity index (χ4n) is 3.05. The molecule has 0 aromatic heterocycles. The van der Waals surface area contributed by atoms with Crippen molar-refractivity contribution in [3.8, 4) is 23.0 Å². The van der Waals surface area contributed by atoms with E-state index in [1.807, 2.05) is 36.4 Å². The highest BCUT2D eigenvalue weighted by Gasteiger charge is 2.27. The monoisotopic (exact) mass is 376 g/mol. The molecule has 0 unspecified atom stereocenters. The molecule has 0 saturated heterocycles. The van der Waals surface area contributed by atoms with E-state index < -0.39 is 7.92 Å². The van der Waals surface area contributed by atoms with Gasteiger partial charge in [0.25, 0.3) is 0 Å². The second-order valence-electron chi connectivity index (χ2n) is 5.88. The highest BCUT2D eigenvalue weighted by molar-refractivity contribution is 7.73. The predicted octanol–water partition coefficient (Wildman–Crippen LogP) is 4.34. The minimum atomic E-state index is -0.769. The number of ether oxygens (including phenoxy) is 4. The summed E-state index contributed by atoms with van der Waals surface area (Å²) in [4.78, 5) is 0. The van der Waals surface area contributed by atoms with Gasteiger partial charge in [0, 0.05) is 0 Å². The molecule has 0 aliphatic rings. The van der Waals surface area contributed by atoms with Crippen molar-refractivity contribution in [1.82, 2.24) is 0 Å². The molecule has 5 heteroatoms. The number of benzene rings is 2. The summed E-state index contributed by atoms with van der Waals surface area (Å²) in [5, 5.41) is 2.21. The lowest BCUT2D eigenvalue weighted by molar-refractivity contribution is 0.399. The maximum atomic E-state index is 5.70. The van der Waals surface area contributed by atoms with Gasteiger partial charge in [0.2, 0.25) is 0 Å². The molecular weight excluding hydrogens is 347 g/mol. The Morgan fingerprint density at radius 2 is 1.04 bits per heavy atom. The van der Waals surface area contributed by atoms with Gasteiger partial charge in [-0.05, 0) is 44.8 Å². The molecule has 0 amide bonds. The van der Waals surface area contributed by atoms with Crippen LogP contribution in [0.1, 0.15) is 26.2 Å². The minimum absolute atomic E-state index is 0.769. The van der Waals surface area contributed by atoms with E-state index in [2.05, 4.69) is 6.92 Å². The van der Waals surface area contributed by atoms with Crippen LogP contribution in [0.4, 0.5) is 0 Å². The quantitative estimate of drug-likeness (QED) is 0.456. The van der Waals surface area contributed by atoms with Gasteiger partial charge in [-0.25, -0.2) is 0 Å². The van der Waals surface area contributed by atoms with Gasteiger partial charge in [-0.15, -0.1) is 0 Å². The van der Waals surface area contributed by atoms with Crippen molar-refractivity contribution in [3.05, 3.63) is 36.4 Å². The van der Waals surface area contributed by atoms with E-state index in [4.69, 9.17) is 18.9 Å². The van der Waals surface area contributed by atoms with Crippen molar-refractivity contribution in [2.45, 2.75) is 26.2 Å². The molecular formula is C21H29O4P. The largest absolute Gasteiger partial charge is 0.496 e. The van der Waals surface area contributed by atoms with Crippen LogP contribution in [-0.2, 0) is 0 Å². The summed E-state index contributed by atoms with van der Waals surface area (Å²) in [6, 6.07) is 11.9. The van der Waals surface area contributed by atoms with Gasteiger partial charge in [-0.1, -0.05) is 31.9 Å². The molecule has 4 nitrogen and oxygen atoms in total. The Kier molecular flexibility index (Phi) is 8.06. The van der Waals surface area contributed by atoms with Crippen LogP contribution in [0.5, 0.6) is 23.0 Å². The van der Waals surface area contributed by atoms with Crippen LogP contribution < -0.4 is 29.6 Å². The lowest BCUT2D eigenvalue weighted by atomic mass is 10.3. The first kappa shape index (κ1) is 20.4. The molecule has 0 spiro atoms. The average Bonchev–Trinajstić information content (AvgIpc) is 2.70. The Labute approximate surface area is 158 Å². The van der Waals surface area contributed by atoms with Gasteiger partial charge in [-0.2, -0.15) is 0 Å². The number of methoxy groups -OCH3 is 4. The molecule has 0 atom stereocenters. The molecule has 2 aromatic carbocycles.